The van der Waals surface area contributed by atoms with Crippen LogP contribution >= 0.6 is 11.6 Å². The molecule has 0 radical (unpaired) electrons. The predicted octanol–water partition coefficient (Wildman–Crippen LogP) is 2.21. The van der Waals surface area contributed by atoms with E-state index in [4.69, 9.17) is 16.3 Å². The Balaban J connectivity index is 2.19. The second kappa shape index (κ2) is 4.75. The average Bonchev–Trinajstić information content (AvgIpc) is 2.03. The number of allylic oxidation sites excluding steroid dienone is 1. The van der Waals surface area contributed by atoms with Crippen LogP contribution < -0.4 is 0 Å². The van der Waals surface area contributed by atoms with Crippen molar-refractivity contribution in [3.05, 3.63) is 12.2 Å². The van der Waals surface area contributed by atoms with E-state index in [1.807, 2.05) is 6.08 Å². The molecule has 58 valence electrons. The van der Waals surface area contributed by atoms with Gasteiger partial charge < -0.3 is 4.74 Å². The van der Waals surface area contributed by atoms with E-state index in [9.17, 15) is 0 Å². The van der Waals surface area contributed by atoms with Gasteiger partial charge in [0.1, 0.15) is 0 Å². The quantitative estimate of drug-likeness (QED) is 0.445. The van der Waals surface area contributed by atoms with Gasteiger partial charge in [-0.25, -0.2) is 0 Å². The van der Waals surface area contributed by atoms with Gasteiger partial charge in [0.05, 0.1) is 6.61 Å². The predicted molar refractivity (Wildman–Crippen MR) is 43.4 cm³/mol. The van der Waals surface area contributed by atoms with Crippen molar-refractivity contribution in [2.75, 3.05) is 19.1 Å². The molecule has 1 nitrogen and oxygen atoms in total. The van der Waals surface area contributed by atoms with Crippen LogP contribution in [0.25, 0.3) is 0 Å². The standard InChI is InChI=1S/C8H13ClO/c9-5-1-3-8-4-2-6-10-7-8/h1,3,8H,2,4-7H2. The maximum atomic E-state index is 5.49. The first-order valence-corrected chi connectivity index (χ1v) is 4.27. The summed E-state index contributed by atoms with van der Waals surface area (Å²) in [7, 11) is 0. The van der Waals surface area contributed by atoms with Crippen molar-refractivity contribution in [2.45, 2.75) is 12.8 Å². The van der Waals surface area contributed by atoms with Crippen molar-refractivity contribution in [1.82, 2.24) is 0 Å². The summed E-state index contributed by atoms with van der Waals surface area (Å²) in [5, 5.41) is 0. The highest BCUT2D eigenvalue weighted by Crippen LogP contribution is 2.14. The third kappa shape index (κ3) is 2.72. The Morgan fingerprint density at radius 3 is 3.10 bits per heavy atom. The molecule has 1 fully saturated rings. The topological polar surface area (TPSA) is 9.23 Å². The summed E-state index contributed by atoms with van der Waals surface area (Å²) in [6, 6.07) is 0. The largest absolute Gasteiger partial charge is 0.381 e. The lowest BCUT2D eigenvalue weighted by Crippen LogP contribution is -2.14. The molecular weight excluding hydrogens is 148 g/mol. The monoisotopic (exact) mass is 160 g/mol. The van der Waals surface area contributed by atoms with Crippen molar-refractivity contribution >= 4 is 11.6 Å². The van der Waals surface area contributed by atoms with Gasteiger partial charge in [0.2, 0.25) is 0 Å². The Labute approximate surface area is 67.0 Å². The molecule has 1 aliphatic heterocycles. The molecule has 1 rings (SSSR count). The molecule has 0 aromatic rings. The zero-order chi connectivity index (χ0) is 7.23. The molecular formula is C8H13ClO. The molecule has 1 atom stereocenters. The van der Waals surface area contributed by atoms with Gasteiger partial charge in [-0.2, -0.15) is 0 Å². The minimum atomic E-state index is 0.618. The third-order valence-electron chi connectivity index (χ3n) is 1.69. The Morgan fingerprint density at radius 2 is 2.50 bits per heavy atom. The molecule has 1 aliphatic rings. The Hall–Kier alpha value is -0.0100. The van der Waals surface area contributed by atoms with Gasteiger partial charge in [0.25, 0.3) is 0 Å². The van der Waals surface area contributed by atoms with Crippen molar-refractivity contribution in [3.8, 4) is 0 Å². The minimum absolute atomic E-state index is 0.618. The Morgan fingerprint density at radius 1 is 1.60 bits per heavy atom. The second-order valence-electron chi connectivity index (χ2n) is 2.56. The van der Waals surface area contributed by atoms with Gasteiger partial charge in [0.15, 0.2) is 0 Å². The van der Waals surface area contributed by atoms with Crippen molar-refractivity contribution in [1.29, 1.82) is 0 Å². The lowest BCUT2D eigenvalue weighted by Gasteiger charge is -2.18. The lowest BCUT2D eigenvalue weighted by atomic mass is 10.0. The van der Waals surface area contributed by atoms with Crippen LogP contribution in [0.4, 0.5) is 0 Å². The molecule has 0 aromatic carbocycles. The van der Waals surface area contributed by atoms with Crippen LogP contribution in [-0.4, -0.2) is 19.1 Å². The van der Waals surface area contributed by atoms with Crippen LogP contribution in [0.3, 0.4) is 0 Å². The SMILES string of the molecule is ClCC=CC1CCCOC1. The fourth-order valence-corrected chi connectivity index (χ4v) is 1.26. The van der Waals surface area contributed by atoms with Gasteiger partial charge in [-0.1, -0.05) is 12.2 Å². The maximum absolute atomic E-state index is 5.49. The highest BCUT2D eigenvalue weighted by atomic mass is 35.5. The van der Waals surface area contributed by atoms with Crippen LogP contribution in [0.15, 0.2) is 12.2 Å². The number of hydrogen-bond donors (Lipinski definition) is 0. The minimum Gasteiger partial charge on any atom is -0.381 e. The molecule has 2 heteroatoms. The highest BCUT2D eigenvalue weighted by Gasteiger charge is 2.09. The zero-order valence-electron chi connectivity index (χ0n) is 6.05. The fraction of sp³-hybridized carbons (Fsp3) is 0.750. The van der Waals surface area contributed by atoms with Crippen LogP contribution in [-0.2, 0) is 4.74 Å². The van der Waals surface area contributed by atoms with Crippen LogP contribution in [0.2, 0.25) is 0 Å². The lowest BCUT2D eigenvalue weighted by molar-refractivity contribution is 0.0710. The number of hydrogen-bond acceptors (Lipinski definition) is 1. The van der Waals surface area contributed by atoms with E-state index in [0.29, 0.717) is 11.8 Å². The Bertz CT molecular complexity index is 106. The molecule has 1 saturated heterocycles. The molecule has 0 saturated carbocycles. The first-order valence-electron chi connectivity index (χ1n) is 3.74. The third-order valence-corrected chi connectivity index (χ3v) is 1.87. The molecule has 0 N–H and O–H groups in total. The number of rotatable bonds is 2. The number of halogens is 1. The molecule has 0 aromatic heterocycles. The zero-order valence-corrected chi connectivity index (χ0v) is 6.81. The summed E-state index contributed by atoms with van der Waals surface area (Å²) >= 11 is 5.49. The molecule has 1 unspecified atom stereocenters. The summed E-state index contributed by atoms with van der Waals surface area (Å²) in [5.74, 6) is 1.24. The molecule has 0 bridgehead atoms. The first kappa shape index (κ1) is 8.09. The van der Waals surface area contributed by atoms with Crippen molar-refractivity contribution in [2.24, 2.45) is 5.92 Å². The van der Waals surface area contributed by atoms with Gasteiger partial charge in [-0.05, 0) is 12.8 Å². The van der Waals surface area contributed by atoms with E-state index in [2.05, 4.69) is 6.08 Å². The average molecular weight is 161 g/mol. The van der Waals surface area contributed by atoms with Gasteiger partial charge >= 0.3 is 0 Å². The summed E-state index contributed by atoms with van der Waals surface area (Å²) in [6.45, 7) is 1.82. The summed E-state index contributed by atoms with van der Waals surface area (Å²) in [5.41, 5.74) is 0. The van der Waals surface area contributed by atoms with Crippen LogP contribution in [0.1, 0.15) is 12.8 Å². The summed E-state index contributed by atoms with van der Waals surface area (Å²) in [4.78, 5) is 0. The van der Waals surface area contributed by atoms with Gasteiger partial charge in [0, 0.05) is 18.4 Å². The van der Waals surface area contributed by atoms with Gasteiger partial charge in [-0.15, -0.1) is 11.6 Å². The Kier molecular flexibility index (Phi) is 3.84. The van der Waals surface area contributed by atoms with E-state index >= 15 is 0 Å². The summed E-state index contributed by atoms with van der Waals surface area (Å²) in [6.07, 6.45) is 6.61. The first-order chi connectivity index (χ1) is 4.93. The van der Waals surface area contributed by atoms with E-state index in [0.717, 1.165) is 13.2 Å². The second-order valence-corrected chi connectivity index (χ2v) is 2.87. The van der Waals surface area contributed by atoms with Crippen LogP contribution in [0.5, 0.6) is 0 Å². The molecule has 1 heterocycles. The number of alkyl halides is 1. The molecule has 0 spiro atoms. The van der Waals surface area contributed by atoms with Crippen molar-refractivity contribution in [3.63, 3.8) is 0 Å². The maximum Gasteiger partial charge on any atom is 0.0528 e. The highest BCUT2D eigenvalue weighted by molar-refractivity contribution is 6.18. The number of ether oxygens (including phenoxy) is 1. The normalized spacial score (nSPS) is 27.5. The van der Waals surface area contributed by atoms with Gasteiger partial charge in [-0.3, -0.25) is 0 Å². The smallest absolute Gasteiger partial charge is 0.0528 e. The fourth-order valence-electron chi connectivity index (χ4n) is 1.16. The molecule has 10 heavy (non-hydrogen) atoms. The van der Waals surface area contributed by atoms with E-state index in [1.165, 1.54) is 12.8 Å². The molecule has 0 aliphatic carbocycles. The van der Waals surface area contributed by atoms with E-state index < -0.39 is 0 Å². The molecule has 0 amide bonds. The van der Waals surface area contributed by atoms with E-state index in [1.54, 1.807) is 0 Å². The van der Waals surface area contributed by atoms with Crippen LogP contribution in [0, 0.1) is 5.92 Å². The van der Waals surface area contributed by atoms with Crippen molar-refractivity contribution < 1.29 is 4.74 Å². The van der Waals surface area contributed by atoms with E-state index in [-0.39, 0.29) is 0 Å². The summed E-state index contributed by atoms with van der Waals surface area (Å²) < 4.78 is 5.28.